The molecule has 0 saturated heterocycles. The molecule has 0 fully saturated rings. The smallest absolute Gasteiger partial charge is 0.216 e. The fourth-order valence-electron chi connectivity index (χ4n) is 6.67. The van der Waals surface area contributed by atoms with Gasteiger partial charge in [-0.05, 0) is 96.9 Å². The molecule has 4 aromatic heterocycles. The fourth-order valence-corrected chi connectivity index (χ4v) is 6.67. The molecule has 0 aliphatic heterocycles. The predicted molar refractivity (Wildman–Crippen MR) is 210 cm³/mol. The van der Waals surface area contributed by atoms with Crippen molar-refractivity contribution >= 4 is 22.1 Å². The maximum absolute atomic E-state index is 6.43. The zero-order chi connectivity index (χ0) is 35.5. The Labute approximate surface area is 320 Å². The Kier molecular flexibility index (Phi) is 11.2. The molecule has 5 heteroatoms. The van der Waals surface area contributed by atoms with Crippen LogP contribution in [0.5, 0.6) is 0 Å². The van der Waals surface area contributed by atoms with Gasteiger partial charge in [-0.25, -0.2) is 4.98 Å². The Balaban J connectivity index is 0.000000279. The van der Waals surface area contributed by atoms with E-state index in [1.165, 1.54) is 38.9 Å². The van der Waals surface area contributed by atoms with Crippen LogP contribution in [-0.2, 0) is 26.5 Å². The van der Waals surface area contributed by atoms with Gasteiger partial charge in [0.25, 0.3) is 0 Å². The molecular formula is C47H41IrN3O-2. The van der Waals surface area contributed by atoms with E-state index in [1.54, 1.807) is 0 Å². The third-order valence-electron chi connectivity index (χ3n) is 9.19. The Morgan fingerprint density at radius 3 is 2.04 bits per heavy atom. The first kappa shape index (κ1) is 36.6. The van der Waals surface area contributed by atoms with Gasteiger partial charge in [0.1, 0.15) is 0 Å². The second-order valence-corrected chi connectivity index (χ2v) is 13.7. The number of rotatable bonds is 6. The van der Waals surface area contributed by atoms with Crippen molar-refractivity contribution in [3.05, 3.63) is 162 Å². The number of furan rings is 1. The molecule has 0 saturated carbocycles. The molecule has 261 valence electrons. The number of pyridine rings is 3. The van der Waals surface area contributed by atoms with Crippen LogP contribution in [0.15, 0.2) is 126 Å². The molecule has 8 rings (SSSR count). The number of aryl methyl sites for hydroxylation is 4. The molecule has 0 N–H and O–H groups in total. The third-order valence-corrected chi connectivity index (χ3v) is 9.19. The van der Waals surface area contributed by atoms with Crippen molar-refractivity contribution in [1.82, 2.24) is 15.0 Å². The summed E-state index contributed by atoms with van der Waals surface area (Å²) >= 11 is 0. The van der Waals surface area contributed by atoms with Crippen LogP contribution in [0, 0.1) is 45.7 Å². The van der Waals surface area contributed by atoms with Crippen molar-refractivity contribution in [3.63, 3.8) is 0 Å². The van der Waals surface area contributed by atoms with E-state index in [0.29, 0.717) is 11.6 Å². The van der Waals surface area contributed by atoms with E-state index in [0.717, 1.165) is 56.5 Å². The molecule has 0 aliphatic rings. The maximum atomic E-state index is 6.43. The average molecular weight is 856 g/mol. The van der Waals surface area contributed by atoms with Crippen LogP contribution in [0.25, 0.3) is 67.0 Å². The number of fused-ring (bicyclic) bond motifs is 3. The molecular weight excluding hydrogens is 815 g/mol. The van der Waals surface area contributed by atoms with Gasteiger partial charge in [0.05, 0.1) is 11.3 Å². The summed E-state index contributed by atoms with van der Waals surface area (Å²) in [5.41, 5.74) is 15.8. The monoisotopic (exact) mass is 856 g/mol. The minimum atomic E-state index is 0. The second kappa shape index (κ2) is 16.0. The Morgan fingerprint density at radius 1 is 0.635 bits per heavy atom. The molecule has 0 atom stereocenters. The van der Waals surface area contributed by atoms with E-state index in [2.05, 4.69) is 118 Å². The van der Waals surface area contributed by atoms with Crippen molar-refractivity contribution in [3.8, 4) is 44.9 Å². The van der Waals surface area contributed by atoms with E-state index in [9.17, 15) is 0 Å². The Bertz CT molecular complexity index is 2430. The van der Waals surface area contributed by atoms with Crippen LogP contribution in [0.2, 0.25) is 0 Å². The van der Waals surface area contributed by atoms with Gasteiger partial charge in [-0.1, -0.05) is 91.0 Å². The van der Waals surface area contributed by atoms with E-state index < -0.39 is 0 Å². The standard InChI is InChI=1S/C35H31N2O.C12H10N.Ir/c1-21(2)16-27-20-36-32(19-22(27)3)30-13-9-12-28-29-14-15-31(37-35(29)38-34(28)30)33-23(4)17-26(18-24(33)5)25-10-7-6-8-11-25;1-10-7-8-12(13-9-10)11-5-3-2-4-6-11;/h6-12,14-15,17-21H,16H2,1-5H3;2-5,7-9H,1H3;/q2*-1;. The molecule has 1 radical (unpaired) electrons. The van der Waals surface area contributed by atoms with Crippen LogP contribution in [0.1, 0.15) is 41.7 Å². The van der Waals surface area contributed by atoms with Gasteiger partial charge in [-0.15, -0.1) is 54.1 Å². The molecule has 52 heavy (non-hydrogen) atoms. The minimum absolute atomic E-state index is 0. The summed E-state index contributed by atoms with van der Waals surface area (Å²) in [7, 11) is 0. The molecule has 4 heterocycles. The van der Waals surface area contributed by atoms with Crippen LogP contribution < -0.4 is 0 Å². The first-order valence-corrected chi connectivity index (χ1v) is 17.5. The van der Waals surface area contributed by atoms with Gasteiger partial charge in [0.15, 0.2) is 0 Å². The quantitative estimate of drug-likeness (QED) is 0.156. The molecule has 0 aliphatic carbocycles. The van der Waals surface area contributed by atoms with Crippen molar-refractivity contribution in [2.45, 2.75) is 48.0 Å². The van der Waals surface area contributed by atoms with Crippen molar-refractivity contribution in [2.75, 3.05) is 0 Å². The molecule has 4 nitrogen and oxygen atoms in total. The summed E-state index contributed by atoms with van der Waals surface area (Å²) in [6, 6.07) is 43.8. The van der Waals surface area contributed by atoms with Crippen LogP contribution >= 0.6 is 0 Å². The summed E-state index contributed by atoms with van der Waals surface area (Å²) in [6.07, 6.45) is 4.90. The van der Waals surface area contributed by atoms with Crippen LogP contribution in [0.3, 0.4) is 0 Å². The van der Waals surface area contributed by atoms with Crippen LogP contribution in [0.4, 0.5) is 0 Å². The Morgan fingerprint density at radius 2 is 1.37 bits per heavy atom. The molecule has 0 unspecified atom stereocenters. The summed E-state index contributed by atoms with van der Waals surface area (Å²) in [6.45, 7) is 13.0. The van der Waals surface area contributed by atoms with Gasteiger partial charge < -0.3 is 14.4 Å². The van der Waals surface area contributed by atoms with E-state index in [1.807, 2.05) is 61.8 Å². The summed E-state index contributed by atoms with van der Waals surface area (Å²) < 4.78 is 6.43. The van der Waals surface area contributed by atoms with Crippen molar-refractivity contribution < 1.29 is 24.5 Å². The third kappa shape index (κ3) is 7.82. The molecule has 0 amide bonds. The molecule has 0 bridgehead atoms. The van der Waals surface area contributed by atoms with Gasteiger partial charge in [-0.3, -0.25) is 0 Å². The first-order valence-electron chi connectivity index (χ1n) is 17.5. The van der Waals surface area contributed by atoms with E-state index >= 15 is 0 Å². The normalized spacial score (nSPS) is 11.0. The molecule has 8 aromatic rings. The number of nitrogens with zero attached hydrogens (tertiary/aromatic N) is 3. The minimum Gasteiger partial charge on any atom is -0.486 e. The topological polar surface area (TPSA) is 51.8 Å². The average Bonchev–Trinajstić information content (AvgIpc) is 3.52. The summed E-state index contributed by atoms with van der Waals surface area (Å²) in [5.74, 6) is 0.591. The van der Waals surface area contributed by atoms with Gasteiger partial charge in [0, 0.05) is 43.4 Å². The number of hydrogen-bond acceptors (Lipinski definition) is 4. The second-order valence-electron chi connectivity index (χ2n) is 13.7. The molecule has 0 spiro atoms. The van der Waals surface area contributed by atoms with Crippen molar-refractivity contribution in [2.24, 2.45) is 5.92 Å². The summed E-state index contributed by atoms with van der Waals surface area (Å²) in [5, 5.41) is 2.04. The SMILES string of the molecule is Cc1cc(-c2[c-]ccc3c2oc2nc(-c4c(C)cc(-c5ccccc5)cc4C)ccc23)ncc1CC(C)C.Cc1ccc(-c2[c-]cccc2)nc1.[Ir]. The maximum Gasteiger partial charge on any atom is 0.216 e. The van der Waals surface area contributed by atoms with Gasteiger partial charge in [-0.2, -0.15) is 0 Å². The molecule has 4 aromatic carbocycles. The predicted octanol–water partition coefficient (Wildman–Crippen LogP) is 12.2. The number of hydrogen-bond donors (Lipinski definition) is 0. The van der Waals surface area contributed by atoms with Gasteiger partial charge in [0.2, 0.25) is 5.71 Å². The zero-order valence-electron chi connectivity index (χ0n) is 30.4. The summed E-state index contributed by atoms with van der Waals surface area (Å²) in [4.78, 5) is 14.1. The Hall–Kier alpha value is -5.22. The fraction of sp³-hybridized carbons (Fsp3) is 0.170. The van der Waals surface area contributed by atoms with Crippen molar-refractivity contribution in [1.29, 1.82) is 0 Å². The van der Waals surface area contributed by atoms with Crippen LogP contribution in [-0.4, -0.2) is 15.0 Å². The van der Waals surface area contributed by atoms with E-state index in [4.69, 9.17) is 14.4 Å². The number of benzene rings is 4. The largest absolute Gasteiger partial charge is 0.486 e. The first-order chi connectivity index (χ1) is 24.7. The number of aromatic nitrogens is 3. The van der Waals surface area contributed by atoms with E-state index in [-0.39, 0.29) is 20.1 Å². The van der Waals surface area contributed by atoms with Gasteiger partial charge >= 0.3 is 0 Å². The zero-order valence-corrected chi connectivity index (χ0v) is 32.8.